The maximum atomic E-state index is 4.56. The van der Waals surface area contributed by atoms with Gasteiger partial charge in [0.15, 0.2) is 0 Å². The first-order valence-corrected chi connectivity index (χ1v) is 7.53. The zero-order chi connectivity index (χ0) is 14.7. The molecule has 5 heteroatoms. The Hall–Kier alpha value is -2.04. The highest BCUT2D eigenvalue weighted by Gasteiger charge is 2.21. The van der Waals surface area contributed by atoms with E-state index in [1.807, 2.05) is 26.1 Å². The third kappa shape index (κ3) is 3.54. The van der Waals surface area contributed by atoms with E-state index in [9.17, 15) is 0 Å². The highest BCUT2D eigenvalue weighted by Crippen LogP contribution is 2.23. The van der Waals surface area contributed by atoms with E-state index in [4.69, 9.17) is 0 Å². The minimum atomic E-state index is 0.666. The van der Waals surface area contributed by atoms with Crippen LogP contribution in [0, 0.1) is 19.8 Å². The zero-order valence-electron chi connectivity index (χ0n) is 12.7. The Morgan fingerprint density at radius 3 is 2.43 bits per heavy atom. The first-order valence-electron chi connectivity index (χ1n) is 7.53. The Kier molecular flexibility index (Phi) is 4.08. The van der Waals surface area contributed by atoms with Gasteiger partial charge < -0.3 is 4.90 Å². The summed E-state index contributed by atoms with van der Waals surface area (Å²) in [5.74, 6) is 2.64. The lowest BCUT2D eigenvalue weighted by molar-refractivity contribution is 0.395. The van der Waals surface area contributed by atoms with Gasteiger partial charge in [-0.2, -0.15) is 0 Å². The molecule has 0 atom stereocenters. The molecule has 110 valence electrons. The summed E-state index contributed by atoms with van der Waals surface area (Å²) in [6.07, 6.45) is 8.61. The standard InChI is InChI=1S/C16H21N5/c1-12-9-13(2)20-15(19-12)10-14-3-7-21(8-4-14)16-11-17-5-6-18-16/h5-6,9,11,14H,3-4,7-8,10H2,1-2H3. The van der Waals surface area contributed by atoms with Gasteiger partial charge in [-0.15, -0.1) is 0 Å². The maximum absolute atomic E-state index is 4.56. The second-order valence-corrected chi connectivity index (χ2v) is 5.77. The molecule has 3 rings (SSSR count). The molecule has 1 aliphatic rings. The van der Waals surface area contributed by atoms with E-state index < -0.39 is 0 Å². The monoisotopic (exact) mass is 283 g/mol. The summed E-state index contributed by atoms with van der Waals surface area (Å²) in [5.41, 5.74) is 2.13. The van der Waals surface area contributed by atoms with Gasteiger partial charge in [0.1, 0.15) is 11.6 Å². The van der Waals surface area contributed by atoms with Crippen LogP contribution >= 0.6 is 0 Å². The number of aryl methyl sites for hydroxylation is 2. The molecule has 0 saturated carbocycles. The van der Waals surface area contributed by atoms with Crippen molar-refractivity contribution in [1.29, 1.82) is 0 Å². The molecule has 0 aliphatic carbocycles. The summed E-state index contributed by atoms with van der Waals surface area (Å²) in [5, 5.41) is 0. The van der Waals surface area contributed by atoms with Gasteiger partial charge in [0, 0.05) is 43.3 Å². The number of aromatic nitrogens is 4. The van der Waals surface area contributed by atoms with E-state index in [2.05, 4.69) is 24.8 Å². The first kappa shape index (κ1) is 13.9. The number of piperidine rings is 1. The fourth-order valence-electron chi connectivity index (χ4n) is 2.97. The van der Waals surface area contributed by atoms with Crippen LogP contribution in [0.2, 0.25) is 0 Å². The molecule has 1 saturated heterocycles. The van der Waals surface area contributed by atoms with Gasteiger partial charge in [-0.1, -0.05) is 0 Å². The normalized spacial score (nSPS) is 16.2. The van der Waals surface area contributed by atoms with Crippen LogP contribution in [-0.2, 0) is 6.42 Å². The van der Waals surface area contributed by atoms with Gasteiger partial charge in [0.05, 0.1) is 6.20 Å². The van der Waals surface area contributed by atoms with Crippen LogP contribution in [0.25, 0.3) is 0 Å². The highest BCUT2D eigenvalue weighted by molar-refractivity contribution is 5.35. The molecule has 0 N–H and O–H groups in total. The van der Waals surface area contributed by atoms with Gasteiger partial charge in [-0.25, -0.2) is 15.0 Å². The van der Waals surface area contributed by atoms with Crippen LogP contribution in [0.3, 0.4) is 0 Å². The summed E-state index contributed by atoms with van der Waals surface area (Å²) in [7, 11) is 0. The Bertz CT molecular complexity index is 571. The molecule has 2 aromatic heterocycles. The molecule has 5 nitrogen and oxygen atoms in total. The van der Waals surface area contributed by atoms with Crippen molar-refractivity contribution in [3.05, 3.63) is 41.9 Å². The maximum Gasteiger partial charge on any atom is 0.147 e. The third-order valence-electron chi connectivity index (χ3n) is 3.99. The molecule has 2 aromatic rings. The number of hydrogen-bond acceptors (Lipinski definition) is 5. The zero-order valence-corrected chi connectivity index (χ0v) is 12.7. The van der Waals surface area contributed by atoms with Crippen LogP contribution in [0.15, 0.2) is 24.7 Å². The summed E-state index contributed by atoms with van der Waals surface area (Å²) in [6.45, 7) is 6.14. The average Bonchev–Trinajstić information content (AvgIpc) is 2.48. The Labute approximate surface area is 125 Å². The number of rotatable bonds is 3. The van der Waals surface area contributed by atoms with Crippen LogP contribution in [0.1, 0.15) is 30.1 Å². The predicted octanol–water partition coefficient (Wildman–Crippen LogP) is 2.34. The Balaban J connectivity index is 1.58. The van der Waals surface area contributed by atoms with E-state index in [0.717, 1.165) is 55.4 Å². The quantitative estimate of drug-likeness (QED) is 0.865. The molecule has 0 spiro atoms. The molecule has 0 amide bonds. The van der Waals surface area contributed by atoms with Crippen LogP contribution in [-0.4, -0.2) is 33.0 Å². The minimum Gasteiger partial charge on any atom is -0.355 e. The van der Waals surface area contributed by atoms with Crippen molar-refractivity contribution in [1.82, 2.24) is 19.9 Å². The molecule has 0 radical (unpaired) electrons. The summed E-state index contributed by atoms with van der Waals surface area (Å²) >= 11 is 0. The van der Waals surface area contributed by atoms with E-state index >= 15 is 0 Å². The smallest absolute Gasteiger partial charge is 0.147 e. The fraction of sp³-hybridized carbons (Fsp3) is 0.500. The highest BCUT2D eigenvalue weighted by atomic mass is 15.2. The molecule has 1 fully saturated rings. The molecule has 0 aromatic carbocycles. The van der Waals surface area contributed by atoms with Crippen molar-refractivity contribution in [2.75, 3.05) is 18.0 Å². The topological polar surface area (TPSA) is 54.8 Å². The Morgan fingerprint density at radius 2 is 1.81 bits per heavy atom. The second-order valence-electron chi connectivity index (χ2n) is 5.77. The Morgan fingerprint density at radius 1 is 1.10 bits per heavy atom. The molecular weight excluding hydrogens is 262 g/mol. The van der Waals surface area contributed by atoms with Crippen molar-refractivity contribution in [2.45, 2.75) is 33.1 Å². The lowest BCUT2D eigenvalue weighted by Crippen LogP contribution is -2.35. The van der Waals surface area contributed by atoms with Crippen molar-refractivity contribution in [3.63, 3.8) is 0 Å². The van der Waals surface area contributed by atoms with Crippen molar-refractivity contribution in [2.24, 2.45) is 5.92 Å². The van der Waals surface area contributed by atoms with Crippen LogP contribution in [0.5, 0.6) is 0 Å². The van der Waals surface area contributed by atoms with Crippen molar-refractivity contribution in [3.8, 4) is 0 Å². The third-order valence-corrected chi connectivity index (χ3v) is 3.99. The first-order chi connectivity index (χ1) is 10.2. The van der Waals surface area contributed by atoms with Gasteiger partial charge in [0.2, 0.25) is 0 Å². The molecule has 0 bridgehead atoms. The van der Waals surface area contributed by atoms with Crippen molar-refractivity contribution >= 4 is 5.82 Å². The van der Waals surface area contributed by atoms with E-state index in [1.54, 1.807) is 12.4 Å². The molecule has 1 aliphatic heterocycles. The summed E-state index contributed by atoms with van der Waals surface area (Å²) in [4.78, 5) is 19.9. The summed E-state index contributed by atoms with van der Waals surface area (Å²) in [6, 6.07) is 2.03. The lowest BCUT2D eigenvalue weighted by atomic mass is 9.93. The fourth-order valence-corrected chi connectivity index (χ4v) is 2.97. The average molecular weight is 283 g/mol. The lowest BCUT2D eigenvalue weighted by Gasteiger charge is -2.32. The molecule has 3 heterocycles. The van der Waals surface area contributed by atoms with Crippen LogP contribution in [0.4, 0.5) is 5.82 Å². The van der Waals surface area contributed by atoms with Crippen molar-refractivity contribution < 1.29 is 0 Å². The summed E-state index contributed by atoms with van der Waals surface area (Å²) < 4.78 is 0. The molecule has 21 heavy (non-hydrogen) atoms. The molecule has 0 unspecified atom stereocenters. The predicted molar refractivity (Wildman–Crippen MR) is 82.2 cm³/mol. The van der Waals surface area contributed by atoms with E-state index in [-0.39, 0.29) is 0 Å². The molecular formula is C16H21N5. The largest absolute Gasteiger partial charge is 0.355 e. The minimum absolute atomic E-state index is 0.666. The van der Waals surface area contributed by atoms with Gasteiger partial charge in [-0.05, 0) is 38.7 Å². The number of nitrogens with zero attached hydrogens (tertiary/aromatic N) is 5. The van der Waals surface area contributed by atoms with E-state index in [0.29, 0.717) is 5.92 Å². The van der Waals surface area contributed by atoms with Crippen LogP contribution < -0.4 is 4.90 Å². The van der Waals surface area contributed by atoms with Gasteiger partial charge in [-0.3, -0.25) is 4.98 Å². The second kappa shape index (κ2) is 6.16. The SMILES string of the molecule is Cc1cc(C)nc(CC2CCN(c3cnccn3)CC2)n1. The number of anilines is 1. The van der Waals surface area contributed by atoms with Gasteiger partial charge >= 0.3 is 0 Å². The van der Waals surface area contributed by atoms with E-state index in [1.165, 1.54) is 0 Å². The number of hydrogen-bond donors (Lipinski definition) is 0. The van der Waals surface area contributed by atoms with Gasteiger partial charge in [0.25, 0.3) is 0 Å².